The van der Waals surface area contributed by atoms with Crippen LogP contribution >= 0.6 is 7.82 Å². The molecule has 1 N–H and O–H groups in total. The highest BCUT2D eigenvalue weighted by molar-refractivity contribution is 7.45. The highest BCUT2D eigenvalue weighted by Crippen LogP contribution is 2.38. The van der Waals surface area contributed by atoms with Crippen LogP contribution in [0, 0.1) is 0 Å². The van der Waals surface area contributed by atoms with Gasteiger partial charge in [0, 0.05) is 12.8 Å². The monoisotopic (exact) mass is 872 g/mol. The van der Waals surface area contributed by atoms with Crippen molar-refractivity contribution in [1.29, 1.82) is 0 Å². The maximum atomic E-state index is 12.7. The molecule has 0 spiro atoms. The van der Waals surface area contributed by atoms with Gasteiger partial charge in [0.25, 0.3) is 7.82 Å². The van der Waals surface area contributed by atoms with E-state index in [1.807, 2.05) is 46.3 Å². The highest BCUT2D eigenvalue weighted by Gasteiger charge is 2.21. The van der Waals surface area contributed by atoms with Gasteiger partial charge in [0.1, 0.15) is 19.8 Å². The van der Waals surface area contributed by atoms with E-state index in [0.29, 0.717) is 30.3 Å². The molecule has 0 heterocycles. The zero-order chi connectivity index (χ0) is 45.1. The number of hydrogen-bond donors (Lipinski definition) is 1. The summed E-state index contributed by atoms with van der Waals surface area (Å²) < 4.78 is 33.7. The number of ether oxygens (including phenoxy) is 2. The van der Waals surface area contributed by atoms with Crippen LogP contribution in [-0.4, -0.2) is 81.2 Å². The van der Waals surface area contributed by atoms with Crippen LogP contribution in [-0.2, 0) is 32.7 Å². The lowest BCUT2D eigenvalue weighted by Gasteiger charge is -2.28. The summed E-state index contributed by atoms with van der Waals surface area (Å²) in [6, 6.07) is 0. The van der Waals surface area contributed by atoms with Gasteiger partial charge in [0.2, 0.25) is 0 Å². The Morgan fingerprint density at radius 3 is 1.49 bits per heavy atom. The first-order chi connectivity index (χ1) is 29.3. The largest absolute Gasteiger partial charge is 0.756 e. The summed E-state index contributed by atoms with van der Waals surface area (Å²) in [6.07, 6.45) is 52.7. The number of nitrogens with zero attached hydrogens (tertiary/aromatic N) is 1. The average Bonchev–Trinajstić information content (AvgIpc) is 3.20. The predicted molar refractivity (Wildman–Crippen MR) is 251 cm³/mol. The number of quaternary nitrogens is 1. The van der Waals surface area contributed by atoms with Crippen LogP contribution in [0.2, 0.25) is 0 Å². The van der Waals surface area contributed by atoms with E-state index in [4.69, 9.17) is 18.5 Å². The first kappa shape index (κ1) is 57.6. The first-order valence-electron chi connectivity index (χ1n) is 22.6. The van der Waals surface area contributed by atoms with Gasteiger partial charge in [0.05, 0.1) is 33.9 Å². The molecule has 0 saturated carbocycles. The minimum absolute atomic E-state index is 0.0645. The van der Waals surface area contributed by atoms with Crippen LogP contribution in [0.15, 0.2) is 109 Å². The molecule has 0 rings (SSSR count). The van der Waals surface area contributed by atoms with Gasteiger partial charge in [-0.3, -0.25) is 14.2 Å². The third kappa shape index (κ3) is 46.0. The van der Waals surface area contributed by atoms with E-state index in [1.165, 1.54) is 25.7 Å². The number of rotatable bonds is 39. The lowest BCUT2D eigenvalue weighted by molar-refractivity contribution is -0.870. The number of carbonyl (C=O) groups excluding carboxylic acids is 2. The number of unbranched alkanes of at least 4 members (excludes halogenated alkanes) is 5. The summed E-state index contributed by atoms with van der Waals surface area (Å²) in [7, 11) is 1.05. The zero-order valence-electron chi connectivity index (χ0n) is 38.4. The van der Waals surface area contributed by atoms with Gasteiger partial charge in [0.15, 0.2) is 6.10 Å². The fraction of sp³-hybridized carbons (Fsp3) is 0.600. The molecule has 61 heavy (non-hydrogen) atoms. The van der Waals surface area contributed by atoms with Crippen molar-refractivity contribution in [2.24, 2.45) is 0 Å². The number of phosphoric acid groups is 1. The number of aliphatic hydroxyl groups excluding tert-OH is 1. The first-order valence-corrected chi connectivity index (χ1v) is 24.1. The predicted octanol–water partition coefficient (Wildman–Crippen LogP) is 11.5. The number of hydrogen-bond acceptors (Lipinski definition) is 9. The van der Waals surface area contributed by atoms with Gasteiger partial charge in [-0.05, 0) is 103 Å². The van der Waals surface area contributed by atoms with Crippen molar-refractivity contribution in [3.63, 3.8) is 0 Å². The Kier molecular flexibility index (Phi) is 38.4. The van der Waals surface area contributed by atoms with Crippen LogP contribution < -0.4 is 4.89 Å². The van der Waals surface area contributed by atoms with Crippen molar-refractivity contribution < 1.29 is 47.2 Å². The Hall–Kier alpha value is -3.37. The molecule has 0 radical (unpaired) electrons. The standard InChI is InChI=1S/C50H82NO9P/c1-6-7-8-9-10-11-12-13-14-15-16-17-20-24-27-30-33-36-39-42-50(54)60-48(46-59-61(55,56)58-44-43-51(3,4)5)45-57-49(53)41-38-35-32-29-26-23-21-18-19-22-25-28-31-34-37-40-47(2)52/h10-11,13-14,16-17,19,21-24,27-29,31-33,36,47-48,52H,6-9,12,15,18,20,25-26,30,34-35,37-46H2,1-5H3/b11-10-,14-13-,17-16-,22-19-,23-21-,27-24-,31-28-,32-29-,36-33-/t47-,48-/m1/s1. The lowest BCUT2D eigenvalue weighted by atomic mass is 10.1. The molecule has 0 amide bonds. The second-order valence-electron chi connectivity index (χ2n) is 16.0. The molecule has 0 saturated heterocycles. The molecule has 3 atom stereocenters. The van der Waals surface area contributed by atoms with Crippen molar-refractivity contribution >= 4 is 19.8 Å². The van der Waals surface area contributed by atoms with Gasteiger partial charge in [-0.15, -0.1) is 0 Å². The minimum atomic E-state index is -4.67. The van der Waals surface area contributed by atoms with Crippen LogP contribution in [0.25, 0.3) is 0 Å². The number of esters is 2. The second-order valence-corrected chi connectivity index (χ2v) is 17.4. The molecule has 0 aromatic rings. The van der Waals surface area contributed by atoms with Gasteiger partial charge in [-0.1, -0.05) is 129 Å². The van der Waals surface area contributed by atoms with E-state index in [1.54, 1.807) is 0 Å². The summed E-state index contributed by atoms with van der Waals surface area (Å²) in [5.74, 6) is -1.03. The van der Waals surface area contributed by atoms with Crippen molar-refractivity contribution in [2.75, 3.05) is 47.5 Å². The summed E-state index contributed by atoms with van der Waals surface area (Å²) in [6.45, 7) is 3.56. The van der Waals surface area contributed by atoms with Crippen molar-refractivity contribution in [3.05, 3.63) is 109 Å². The smallest absolute Gasteiger partial charge is 0.306 e. The molecule has 0 aliphatic rings. The van der Waals surface area contributed by atoms with E-state index in [9.17, 15) is 24.2 Å². The zero-order valence-corrected chi connectivity index (χ0v) is 39.3. The Morgan fingerprint density at radius 2 is 1.03 bits per heavy atom. The molecule has 10 nitrogen and oxygen atoms in total. The van der Waals surface area contributed by atoms with Crippen LogP contribution in [0.5, 0.6) is 0 Å². The Balaban J connectivity index is 4.59. The maximum absolute atomic E-state index is 12.7. The molecule has 0 aliphatic heterocycles. The SMILES string of the molecule is CCCCC/C=C\C/C=C\C/C=C\C/C=C\C/C=C\CCC(=O)O[C@H](COC(=O)CCC/C=C\C/C=C\C/C=C\C/C=C\CCC[C@@H](C)O)COP(=O)([O-])OCC[N+](C)(C)C. The summed E-state index contributed by atoms with van der Waals surface area (Å²) in [4.78, 5) is 37.5. The van der Waals surface area contributed by atoms with Crippen LogP contribution in [0.1, 0.15) is 136 Å². The van der Waals surface area contributed by atoms with Crippen molar-refractivity contribution in [1.82, 2.24) is 0 Å². The van der Waals surface area contributed by atoms with E-state index in [2.05, 4.69) is 98.1 Å². The number of carbonyl (C=O) groups is 2. The maximum Gasteiger partial charge on any atom is 0.306 e. The number of phosphoric ester groups is 1. The molecule has 346 valence electrons. The van der Waals surface area contributed by atoms with Crippen molar-refractivity contribution in [2.45, 2.75) is 148 Å². The summed E-state index contributed by atoms with van der Waals surface area (Å²) >= 11 is 0. The fourth-order valence-electron chi connectivity index (χ4n) is 5.23. The third-order valence-corrected chi connectivity index (χ3v) is 9.76. The van der Waals surface area contributed by atoms with Gasteiger partial charge < -0.3 is 33.0 Å². The van der Waals surface area contributed by atoms with E-state index >= 15 is 0 Å². The summed E-state index contributed by atoms with van der Waals surface area (Å²) in [5.41, 5.74) is 0. The fourth-order valence-corrected chi connectivity index (χ4v) is 5.96. The molecule has 0 fully saturated rings. The minimum Gasteiger partial charge on any atom is -0.756 e. The Bertz CT molecular complexity index is 1420. The number of aliphatic hydroxyl groups is 1. The van der Waals surface area contributed by atoms with E-state index in [0.717, 1.165) is 64.2 Å². The Labute approximate surface area is 370 Å². The van der Waals surface area contributed by atoms with Gasteiger partial charge in [-0.25, -0.2) is 0 Å². The topological polar surface area (TPSA) is 131 Å². The molecule has 11 heteroatoms. The number of likely N-dealkylation sites (N-methyl/N-ethyl adjacent to an activating group) is 1. The normalized spacial score (nSPS) is 15.1. The quantitative estimate of drug-likeness (QED) is 0.0211. The van der Waals surface area contributed by atoms with Crippen molar-refractivity contribution in [3.8, 4) is 0 Å². The lowest BCUT2D eigenvalue weighted by Crippen LogP contribution is -2.37. The molecular weight excluding hydrogens is 790 g/mol. The Morgan fingerprint density at radius 1 is 0.590 bits per heavy atom. The molecule has 0 bridgehead atoms. The molecular formula is C50H82NO9P. The number of allylic oxidation sites excluding steroid dienone is 18. The molecule has 0 aromatic carbocycles. The van der Waals surface area contributed by atoms with Crippen LogP contribution in [0.3, 0.4) is 0 Å². The second kappa shape index (κ2) is 40.7. The molecule has 0 aliphatic carbocycles. The van der Waals surface area contributed by atoms with Crippen LogP contribution in [0.4, 0.5) is 0 Å². The van der Waals surface area contributed by atoms with Gasteiger partial charge in [-0.2, -0.15) is 0 Å². The highest BCUT2D eigenvalue weighted by atomic mass is 31.2. The third-order valence-electron chi connectivity index (χ3n) is 8.80. The van der Waals surface area contributed by atoms with E-state index < -0.39 is 32.5 Å². The summed E-state index contributed by atoms with van der Waals surface area (Å²) in [5, 5.41) is 9.28. The average molecular weight is 872 g/mol. The molecule has 1 unspecified atom stereocenters. The van der Waals surface area contributed by atoms with Gasteiger partial charge >= 0.3 is 11.9 Å². The molecule has 0 aromatic heterocycles. The van der Waals surface area contributed by atoms with E-state index in [-0.39, 0.29) is 32.2 Å².